The highest BCUT2D eigenvalue weighted by Gasteiger charge is 2.15. The first-order valence-electron chi connectivity index (χ1n) is 6.87. The molecule has 2 amide bonds. The van der Waals surface area contributed by atoms with E-state index in [1.807, 2.05) is 6.92 Å². The van der Waals surface area contributed by atoms with Gasteiger partial charge < -0.3 is 20.3 Å². The van der Waals surface area contributed by atoms with Gasteiger partial charge in [-0.2, -0.15) is 0 Å². The maximum Gasteiger partial charge on any atom is 0.315 e. The molecule has 5 heteroatoms. The standard InChI is InChI=1S/C13H27N3O2/c1-11-5-4-7-16(9-11)8-6-14-13(17)15-12(2)10-18-3/h11-12H,4-10H2,1-3H3,(H2,14,15,17). The van der Waals surface area contributed by atoms with E-state index in [4.69, 9.17) is 4.74 Å². The van der Waals surface area contributed by atoms with Gasteiger partial charge in [0.25, 0.3) is 0 Å². The molecule has 0 aromatic heterocycles. The topological polar surface area (TPSA) is 53.6 Å². The summed E-state index contributed by atoms with van der Waals surface area (Å²) in [5.74, 6) is 0.786. The van der Waals surface area contributed by atoms with Crippen LogP contribution >= 0.6 is 0 Å². The number of likely N-dealkylation sites (tertiary alicyclic amines) is 1. The van der Waals surface area contributed by atoms with Gasteiger partial charge in [-0.15, -0.1) is 0 Å². The zero-order valence-electron chi connectivity index (χ0n) is 11.9. The molecule has 0 spiro atoms. The van der Waals surface area contributed by atoms with Gasteiger partial charge in [0, 0.05) is 26.7 Å². The Morgan fingerprint density at radius 3 is 3.00 bits per heavy atom. The Hall–Kier alpha value is -0.810. The summed E-state index contributed by atoms with van der Waals surface area (Å²) in [6, 6.07) is -0.0605. The number of ether oxygens (including phenoxy) is 1. The number of urea groups is 1. The van der Waals surface area contributed by atoms with Crippen molar-refractivity contribution in [1.29, 1.82) is 0 Å². The number of carbonyl (C=O) groups is 1. The van der Waals surface area contributed by atoms with Gasteiger partial charge in [-0.1, -0.05) is 6.92 Å². The van der Waals surface area contributed by atoms with Crippen LogP contribution in [0.2, 0.25) is 0 Å². The Bertz CT molecular complexity index is 248. The van der Waals surface area contributed by atoms with Crippen molar-refractivity contribution in [2.24, 2.45) is 5.92 Å². The Morgan fingerprint density at radius 2 is 2.33 bits per heavy atom. The molecule has 0 radical (unpaired) electrons. The minimum Gasteiger partial charge on any atom is -0.383 e. The smallest absolute Gasteiger partial charge is 0.315 e. The van der Waals surface area contributed by atoms with Crippen LogP contribution in [-0.2, 0) is 4.74 Å². The summed E-state index contributed by atoms with van der Waals surface area (Å²) in [4.78, 5) is 14.0. The summed E-state index contributed by atoms with van der Waals surface area (Å²) in [7, 11) is 1.63. The molecular weight excluding hydrogens is 230 g/mol. The number of hydrogen-bond donors (Lipinski definition) is 2. The second kappa shape index (κ2) is 8.32. The zero-order chi connectivity index (χ0) is 13.4. The van der Waals surface area contributed by atoms with Crippen molar-refractivity contribution in [2.75, 3.05) is 39.9 Å². The highest BCUT2D eigenvalue weighted by molar-refractivity contribution is 5.74. The molecule has 2 N–H and O–H groups in total. The van der Waals surface area contributed by atoms with E-state index in [1.165, 1.54) is 12.8 Å². The third kappa shape index (κ3) is 6.21. The predicted molar refractivity (Wildman–Crippen MR) is 72.7 cm³/mol. The predicted octanol–water partition coefficient (Wildman–Crippen LogP) is 1.05. The zero-order valence-corrected chi connectivity index (χ0v) is 11.9. The first kappa shape index (κ1) is 15.2. The van der Waals surface area contributed by atoms with Crippen LogP contribution in [0.15, 0.2) is 0 Å². The van der Waals surface area contributed by atoms with Crippen LogP contribution in [0.5, 0.6) is 0 Å². The number of nitrogens with one attached hydrogen (secondary N) is 2. The van der Waals surface area contributed by atoms with Gasteiger partial charge in [-0.25, -0.2) is 4.79 Å². The Balaban J connectivity index is 2.07. The minimum absolute atomic E-state index is 0.0463. The summed E-state index contributed by atoms with van der Waals surface area (Å²) >= 11 is 0. The van der Waals surface area contributed by atoms with Gasteiger partial charge in [0.2, 0.25) is 0 Å². The normalized spacial score (nSPS) is 22.5. The largest absolute Gasteiger partial charge is 0.383 e. The third-order valence-electron chi connectivity index (χ3n) is 3.25. The Morgan fingerprint density at radius 1 is 1.56 bits per heavy atom. The number of nitrogens with zero attached hydrogens (tertiary/aromatic N) is 1. The van der Waals surface area contributed by atoms with Crippen LogP contribution in [0.3, 0.4) is 0 Å². The van der Waals surface area contributed by atoms with Crippen LogP contribution in [0.1, 0.15) is 26.7 Å². The maximum atomic E-state index is 11.5. The number of piperidine rings is 1. The first-order valence-corrected chi connectivity index (χ1v) is 6.87. The maximum absolute atomic E-state index is 11.5. The second-order valence-corrected chi connectivity index (χ2v) is 5.30. The molecule has 1 saturated heterocycles. The lowest BCUT2D eigenvalue weighted by Crippen LogP contribution is -2.46. The molecule has 1 rings (SSSR count). The number of amides is 2. The molecular formula is C13H27N3O2. The fourth-order valence-corrected chi connectivity index (χ4v) is 2.38. The lowest BCUT2D eigenvalue weighted by molar-refractivity contribution is 0.168. The van der Waals surface area contributed by atoms with Crippen molar-refractivity contribution >= 4 is 6.03 Å². The van der Waals surface area contributed by atoms with E-state index < -0.39 is 0 Å². The quantitative estimate of drug-likeness (QED) is 0.748. The molecule has 1 heterocycles. The lowest BCUT2D eigenvalue weighted by Gasteiger charge is -2.30. The highest BCUT2D eigenvalue weighted by Crippen LogP contribution is 2.14. The summed E-state index contributed by atoms with van der Waals surface area (Å²) < 4.78 is 4.97. The van der Waals surface area contributed by atoms with Gasteiger partial charge in [0.1, 0.15) is 0 Å². The molecule has 0 aliphatic carbocycles. The van der Waals surface area contributed by atoms with E-state index in [9.17, 15) is 4.79 Å². The van der Waals surface area contributed by atoms with Crippen LogP contribution in [0.4, 0.5) is 4.79 Å². The first-order chi connectivity index (χ1) is 8.61. The monoisotopic (exact) mass is 257 g/mol. The molecule has 0 aromatic carbocycles. The van der Waals surface area contributed by atoms with Gasteiger partial charge >= 0.3 is 6.03 Å². The van der Waals surface area contributed by atoms with Crippen LogP contribution < -0.4 is 10.6 Å². The molecule has 1 aliphatic heterocycles. The average Bonchev–Trinajstić information content (AvgIpc) is 2.29. The molecule has 18 heavy (non-hydrogen) atoms. The van der Waals surface area contributed by atoms with Crippen molar-refractivity contribution in [1.82, 2.24) is 15.5 Å². The molecule has 0 aromatic rings. The van der Waals surface area contributed by atoms with Gasteiger partial charge in [-0.3, -0.25) is 0 Å². The van der Waals surface area contributed by atoms with Crippen LogP contribution in [0.25, 0.3) is 0 Å². The molecule has 1 fully saturated rings. The van der Waals surface area contributed by atoms with E-state index >= 15 is 0 Å². The SMILES string of the molecule is COCC(C)NC(=O)NCCN1CCCC(C)C1. The molecule has 1 aliphatic rings. The third-order valence-corrected chi connectivity index (χ3v) is 3.25. The average molecular weight is 257 g/mol. The van der Waals surface area contributed by atoms with Crippen molar-refractivity contribution in [2.45, 2.75) is 32.7 Å². The van der Waals surface area contributed by atoms with Crippen molar-refractivity contribution < 1.29 is 9.53 Å². The number of methoxy groups -OCH3 is 1. The fraction of sp³-hybridized carbons (Fsp3) is 0.923. The van der Waals surface area contributed by atoms with Crippen LogP contribution in [0, 0.1) is 5.92 Å². The molecule has 2 atom stereocenters. The number of carbonyl (C=O) groups excluding carboxylic acids is 1. The Kier molecular flexibility index (Phi) is 7.05. The van der Waals surface area contributed by atoms with Gasteiger partial charge in [0.05, 0.1) is 12.6 Å². The number of hydrogen-bond acceptors (Lipinski definition) is 3. The van der Waals surface area contributed by atoms with Crippen molar-refractivity contribution in [3.05, 3.63) is 0 Å². The highest BCUT2D eigenvalue weighted by atomic mass is 16.5. The summed E-state index contributed by atoms with van der Waals surface area (Å²) in [5.41, 5.74) is 0. The molecule has 0 saturated carbocycles. The lowest BCUT2D eigenvalue weighted by atomic mass is 10.0. The Labute approximate surface area is 110 Å². The van der Waals surface area contributed by atoms with E-state index in [0.717, 1.165) is 25.6 Å². The molecule has 2 unspecified atom stereocenters. The van der Waals surface area contributed by atoms with Gasteiger partial charge in [0.15, 0.2) is 0 Å². The summed E-state index contributed by atoms with van der Waals surface area (Å²) in [5, 5.41) is 5.72. The van der Waals surface area contributed by atoms with E-state index in [2.05, 4.69) is 22.5 Å². The fourth-order valence-electron chi connectivity index (χ4n) is 2.38. The molecule has 106 valence electrons. The van der Waals surface area contributed by atoms with E-state index in [-0.39, 0.29) is 12.1 Å². The molecule has 5 nitrogen and oxygen atoms in total. The van der Waals surface area contributed by atoms with E-state index in [1.54, 1.807) is 7.11 Å². The minimum atomic E-state index is -0.107. The summed E-state index contributed by atoms with van der Waals surface area (Å²) in [6.45, 7) is 8.72. The summed E-state index contributed by atoms with van der Waals surface area (Å²) in [6.07, 6.45) is 2.61. The number of rotatable bonds is 6. The second-order valence-electron chi connectivity index (χ2n) is 5.30. The van der Waals surface area contributed by atoms with Crippen LogP contribution in [-0.4, -0.2) is 56.9 Å². The van der Waals surface area contributed by atoms with Gasteiger partial charge in [-0.05, 0) is 32.2 Å². The van der Waals surface area contributed by atoms with Crippen molar-refractivity contribution in [3.8, 4) is 0 Å². The van der Waals surface area contributed by atoms with Crippen molar-refractivity contribution in [3.63, 3.8) is 0 Å². The molecule has 0 bridgehead atoms. The van der Waals surface area contributed by atoms with E-state index in [0.29, 0.717) is 13.2 Å².